The zero-order chi connectivity index (χ0) is 28.3. The van der Waals surface area contributed by atoms with E-state index in [1.165, 1.54) is 29.2 Å². The Balaban J connectivity index is 1.61. The SMILES string of the molecule is Cc1ccc(O)c(-c2cc(N3CC=CN(C(=O)[C@H](NC(=O)OC(C)(C)C)c4ccc(F)cc4)C3)nc(N)n2)c1. The molecule has 0 saturated carbocycles. The summed E-state index contributed by atoms with van der Waals surface area (Å²) in [4.78, 5) is 38.1. The number of nitrogen functional groups attached to an aromatic ring is 1. The number of ether oxygens (including phenoxy) is 1. The topological polar surface area (TPSA) is 134 Å². The third kappa shape index (κ3) is 6.81. The average Bonchev–Trinajstić information content (AvgIpc) is 2.87. The molecule has 0 aliphatic carbocycles. The number of aromatic nitrogens is 2. The van der Waals surface area contributed by atoms with Gasteiger partial charge in [-0.25, -0.2) is 14.2 Å². The molecule has 39 heavy (non-hydrogen) atoms. The molecule has 4 N–H and O–H groups in total. The number of benzene rings is 2. The van der Waals surface area contributed by atoms with Gasteiger partial charge in [0.1, 0.15) is 29.0 Å². The van der Waals surface area contributed by atoms with Crippen LogP contribution in [0.2, 0.25) is 0 Å². The van der Waals surface area contributed by atoms with Crippen molar-refractivity contribution < 1.29 is 23.8 Å². The smallest absolute Gasteiger partial charge is 0.408 e. The summed E-state index contributed by atoms with van der Waals surface area (Å²) in [6, 6.07) is 11.0. The van der Waals surface area contributed by atoms with Crippen LogP contribution in [0.15, 0.2) is 60.8 Å². The molecule has 3 aromatic rings. The Morgan fingerprint density at radius 2 is 1.85 bits per heavy atom. The Hall–Kier alpha value is -4.67. The van der Waals surface area contributed by atoms with Gasteiger partial charge in [-0.3, -0.25) is 9.69 Å². The third-order valence-electron chi connectivity index (χ3n) is 5.81. The molecule has 1 aromatic heterocycles. The number of rotatable bonds is 5. The van der Waals surface area contributed by atoms with E-state index < -0.39 is 29.5 Å². The van der Waals surface area contributed by atoms with Crippen LogP contribution >= 0.6 is 0 Å². The first kappa shape index (κ1) is 27.4. The molecule has 1 aliphatic rings. The van der Waals surface area contributed by atoms with Crippen LogP contribution in [-0.2, 0) is 9.53 Å². The lowest BCUT2D eigenvalue weighted by atomic mass is 10.1. The van der Waals surface area contributed by atoms with Gasteiger partial charge in [0.05, 0.1) is 12.4 Å². The van der Waals surface area contributed by atoms with Crippen LogP contribution in [0.1, 0.15) is 37.9 Å². The van der Waals surface area contributed by atoms with E-state index in [-0.39, 0.29) is 18.4 Å². The van der Waals surface area contributed by atoms with Gasteiger partial charge in [0.15, 0.2) is 0 Å². The highest BCUT2D eigenvalue weighted by Gasteiger charge is 2.31. The molecule has 1 aliphatic heterocycles. The molecule has 1 atom stereocenters. The molecule has 0 spiro atoms. The summed E-state index contributed by atoms with van der Waals surface area (Å²) in [6.45, 7) is 7.54. The normalized spacial score (nSPS) is 14.2. The molecule has 0 bridgehead atoms. The highest BCUT2D eigenvalue weighted by atomic mass is 19.1. The minimum absolute atomic E-state index is 0.00613. The number of hydrogen-bond donors (Lipinski definition) is 3. The predicted molar refractivity (Wildman–Crippen MR) is 145 cm³/mol. The number of phenolic OH excluding ortho intramolecular Hbond substituents is 1. The lowest BCUT2D eigenvalue weighted by Crippen LogP contribution is -2.48. The van der Waals surface area contributed by atoms with Crippen LogP contribution in [0, 0.1) is 12.7 Å². The van der Waals surface area contributed by atoms with E-state index in [0.717, 1.165) is 5.56 Å². The number of hydrogen-bond acceptors (Lipinski definition) is 8. The number of carbonyl (C=O) groups is 2. The van der Waals surface area contributed by atoms with Crippen molar-refractivity contribution in [1.82, 2.24) is 20.2 Å². The maximum Gasteiger partial charge on any atom is 0.408 e. The molecular weight excluding hydrogens is 503 g/mol. The van der Waals surface area contributed by atoms with Gasteiger partial charge in [0.2, 0.25) is 5.95 Å². The number of nitrogens with zero attached hydrogens (tertiary/aromatic N) is 4. The second-order valence-corrected chi connectivity index (χ2v) is 10.2. The van der Waals surface area contributed by atoms with Gasteiger partial charge in [0, 0.05) is 24.4 Å². The van der Waals surface area contributed by atoms with E-state index in [2.05, 4.69) is 15.3 Å². The summed E-state index contributed by atoms with van der Waals surface area (Å²) in [5, 5.41) is 13.0. The number of aryl methyl sites for hydroxylation is 1. The Bertz CT molecular complexity index is 1400. The largest absolute Gasteiger partial charge is 0.507 e. The van der Waals surface area contributed by atoms with Gasteiger partial charge >= 0.3 is 6.09 Å². The fourth-order valence-electron chi connectivity index (χ4n) is 4.04. The highest BCUT2D eigenvalue weighted by Crippen LogP contribution is 2.31. The van der Waals surface area contributed by atoms with Gasteiger partial charge in [-0.05, 0) is 63.6 Å². The molecule has 0 fully saturated rings. The second kappa shape index (κ2) is 11.0. The molecule has 0 radical (unpaired) electrons. The minimum atomic E-state index is -1.14. The zero-order valence-electron chi connectivity index (χ0n) is 22.2. The van der Waals surface area contributed by atoms with Crippen molar-refractivity contribution in [2.24, 2.45) is 0 Å². The van der Waals surface area contributed by atoms with Crippen molar-refractivity contribution in [2.75, 3.05) is 23.8 Å². The standard InChI is InChI=1S/C28H31FN6O4/c1-17-6-11-22(36)20(14-17)21-15-23(32-26(30)31-21)34-12-5-13-35(16-34)25(37)24(18-7-9-19(29)10-8-18)33-27(38)39-28(2,3)4/h5-11,13-15,24,36H,12,16H2,1-4H3,(H,33,38)(H2,30,31,32)/t24-/m1/s1. The summed E-state index contributed by atoms with van der Waals surface area (Å²) in [6.07, 6.45) is 2.59. The number of amides is 2. The first-order valence-electron chi connectivity index (χ1n) is 12.3. The second-order valence-electron chi connectivity index (χ2n) is 10.2. The van der Waals surface area contributed by atoms with Crippen LogP contribution in [0.4, 0.5) is 21.0 Å². The summed E-state index contributed by atoms with van der Waals surface area (Å²) in [5.41, 5.74) is 7.49. The van der Waals surface area contributed by atoms with E-state index in [1.54, 1.807) is 62.2 Å². The summed E-state index contributed by atoms with van der Waals surface area (Å²) < 4.78 is 19.0. The first-order chi connectivity index (χ1) is 18.4. The van der Waals surface area contributed by atoms with Crippen molar-refractivity contribution in [3.8, 4) is 17.0 Å². The molecule has 10 nitrogen and oxygen atoms in total. The fourth-order valence-corrected chi connectivity index (χ4v) is 4.04. The molecule has 2 aromatic carbocycles. The number of carbonyl (C=O) groups excluding carboxylic acids is 2. The lowest BCUT2D eigenvalue weighted by molar-refractivity contribution is -0.131. The maximum atomic E-state index is 13.7. The van der Waals surface area contributed by atoms with E-state index >= 15 is 0 Å². The highest BCUT2D eigenvalue weighted by molar-refractivity contribution is 5.88. The molecule has 11 heteroatoms. The van der Waals surface area contributed by atoms with Crippen molar-refractivity contribution >= 4 is 23.8 Å². The Labute approximate surface area is 225 Å². The van der Waals surface area contributed by atoms with Crippen LogP contribution in [0.3, 0.4) is 0 Å². The molecular formula is C28H31FN6O4. The van der Waals surface area contributed by atoms with Crippen LogP contribution < -0.4 is 16.0 Å². The lowest BCUT2D eigenvalue weighted by Gasteiger charge is -2.34. The average molecular weight is 535 g/mol. The summed E-state index contributed by atoms with van der Waals surface area (Å²) in [5.74, 6) is -0.434. The number of nitrogens with two attached hydrogens (primary N) is 1. The molecule has 2 heterocycles. The van der Waals surface area contributed by atoms with Crippen molar-refractivity contribution in [1.29, 1.82) is 0 Å². The fraction of sp³-hybridized carbons (Fsp3) is 0.286. The Kier molecular flexibility index (Phi) is 7.70. The van der Waals surface area contributed by atoms with E-state index in [9.17, 15) is 19.1 Å². The Morgan fingerprint density at radius 1 is 1.13 bits per heavy atom. The third-order valence-corrected chi connectivity index (χ3v) is 5.81. The quantitative estimate of drug-likeness (QED) is 0.442. The molecule has 0 saturated heterocycles. The number of alkyl carbamates (subject to hydrolysis) is 1. The number of anilines is 2. The predicted octanol–water partition coefficient (Wildman–Crippen LogP) is 4.26. The number of halogens is 1. The first-order valence-corrected chi connectivity index (χ1v) is 12.3. The minimum Gasteiger partial charge on any atom is -0.507 e. The van der Waals surface area contributed by atoms with Crippen LogP contribution in [0.25, 0.3) is 11.3 Å². The van der Waals surface area contributed by atoms with Crippen LogP contribution in [0.5, 0.6) is 5.75 Å². The van der Waals surface area contributed by atoms with Gasteiger partial charge in [-0.15, -0.1) is 0 Å². The molecule has 0 unspecified atom stereocenters. The van der Waals surface area contributed by atoms with Gasteiger partial charge in [-0.2, -0.15) is 4.98 Å². The van der Waals surface area contributed by atoms with Crippen LogP contribution in [-0.4, -0.2) is 50.8 Å². The molecule has 204 valence electrons. The van der Waals surface area contributed by atoms with Gasteiger partial charge < -0.3 is 25.8 Å². The van der Waals surface area contributed by atoms with Gasteiger partial charge in [-0.1, -0.05) is 23.8 Å². The van der Waals surface area contributed by atoms with Crippen molar-refractivity contribution in [3.05, 3.63) is 77.8 Å². The van der Waals surface area contributed by atoms with E-state index in [0.29, 0.717) is 29.2 Å². The monoisotopic (exact) mass is 534 g/mol. The number of aromatic hydroxyl groups is 1. The van der Waals surface area contributed by atoms with E-state index in [1.807, 2.05) is 6.92 Å². The molecule has 2 amide bonds. The zero-order valence-corrected chi connectivity index (χ0v) is 22.2. The van der Waals surface area contributed by atoms with Gasteiger partial charge in [0.25, 0.3) is 5.91 Å². The number of nitrogens with one attached hydrogen (secondary N) is 1. The maximum absolute atomic E-state index is 13.7. The number of phenols is 1. The molecule has 4 rings (SSSR count). The summed E-state index contributed by atoms with van der Waals surface area (Å²) >= 11 is 0. The summed E-state index contributed by atoms with van der Waals surface area (Å²) in [7, 11) is 0. The van der Waals surface area contributed by atoms with Crippen molar-refractivity contribution in [3.63, 3.8) is 0 Å². The Morgan fingerprint density at radius 3 is 2.54 bits per heavy atom. The van der Waals surface area contributed by atoms with Crippen molar-refractivity contribution in [2.45, 2.75) is 39.3 Å². The van der Waals surface area contributed by atoms with E-state index in [4.69, 9.17) is 10.5 Å².